The Morgan fingerprint density at radius 1 is 0.826 bits per heavy atom. The van der Waals surface area contributed by atoms with E-state index in [2.05, 4.69) is 20.1 Å². The summed E-state index contributed by atoms with van der Waals surface area (Å²) in [5.41, 5.74) is 0. The summed E-state index contributed by atoms with van der Waals surface area (Å²) in [5, 5.41) is 7.60. The third-order valence-electron chi connectivity index (χ3n) is 3.33. The molecule has 0 saturated carbocycles. The van der Waals surface area contributed by atoms with E-state index < -0.39 is 5.97 Å². The van der Waals surface area contributed by atoms with E-state index in [9.17, 15) is 9.59 Å². The quantitative estimate of drug-likeness (QED) is 0.268. The number of esters is 1. The summed E-state index contributed by atoms with van der Waals surface area (Å²) in [4.78, 5) is 20.0. The van der Waals surface area contributed by atoms with Crippen molar-refractivity contribution in [2.24, 2.45) is 0 Å². The monoisotopic (exact) mass is 326 g/mol. The van der Waals surface area contributed by atoms with E-state index in [1.54, 1.807) is 0 Å². The zero-order chi connectivity index (χ0) is 17.8. The molecule has 0 aromatic rings. The second-order valence-corrected chi connectivity index (χ2v) is 5.45. The SMILES string of the molecule is C=CC(=O)O.C=CC(=O)OCCCCCCCCCCCCC. The molecule has 134 valence electrons. The topological polar surface area (TPSA) is 63.6 Å². The first-order valence-electron chi connectivity index (χ1n) is 8.73. The second-order valence-electron chi connectivity index (χ2n) is 5.45. The molecular formula is C19H34O4. The maximum atomic E-state index is 10.8. The fourth-order valence-corrected chi connectivity index (χ4v) is 2.00. The van der Waals surface area contributed by atoms with Gasteiger partial charge in [-0.2, -0.15) is 0 Å². The summed E-state index contributed by atoms with van der Waals surface area (Å²) < 4.78 is 4.92. The van der Waals surface area contributed by atoms with E-state index in [-0.39, 0.29) is 5.97 Å². The molecule has 0 atom stereocenters. The molecule has 0 aliphatic carbocycles. The van der Waals surface area contributed by atoms with Crippen molar-refractivity contribution in [1.82, 2.24) is 0 Å². The number of carboxylic acid groups (broad SMARTS) is 1. The lowest BCUT2D eigenvalue weighted by molar-refractivity contribution is -0.138. The molecule has 4 nitrogen and oxygen atoms in total. The number of hydrogen-bond donors (Lipinski definition) is 1. The fourth-order valence-electron chi connectivity index (χ4n) is 2.00. The lowest BCUT2D eigenvalue weighted by atomic mass is 10.1. The fraction of sp³-hybridized carbons (Fsp3) is 0.684. The summed E-state index contributed by atoms with van der Waals surface area (Å²) in [5.74, 6) is -1.29. The maximum absolute atomic E-state index is 10.8. The third kappa shape index (κ3) is 25.7. The molecule has 0 heterocycles. The van der Waals surface area contributed by atoms with Crippen molar-refractivity contribution in [2.75, 3.05) is 6.61 Å². The molecule has 0 aliphatic heterocycles. The molecule has 1 N–H and O–H groups in total. The van der Waals surface area contributed by atoms with Crippen LogP contribution in [0.25, 0.3) is 0 Å². The minimum atomic E-state index is -0.981. The molecular weight excluding hydrogens is 292 g/mol. The van der Waals surface area contributed by atoms with E-state index in [0.29, 0.717) is 6.61 Å². The van der Waals surface area contributed by atoms with Gasteiger partial charge in [-0.3, -0.25) is 0 Å². The highest BCUT2D eigenvalue weighted by atomic mass is 16.5. The lowest BCUT2D eigenvalue weighted by Gasteiger charge is -2.03. The van der Waals surface area contributed by atoms with Gasteiger partial charge in [0.2, 0.25) is 0 Å². The van der Waals surface area contributed by atoms with Gasteiger partial charge >= 0.3 is 11.9 Å². The van der Waals surface area contributed by atoms with Crippen molar-refractivity contribution in [3.63, 3.8) is 0 Å². The molecule has 0 aromatic heterocycles. The smallest absolute Gasteiger partial charge is 0.330 e. The first-order chi connectivity index (χ1) is 11.1. The van der Waals surface area contributed by atoms with Crippen LogP contribution in [0.5, 0.6) is 0 Å². The minimum absolute atomic E-state index is 0.304. The van der Waals surface area contributed by atoms with Crippen molar-refractivity contribution < 1.29 is 19.4 Å². The molecule has 0 rings (SSSR count). The minimum Gasteiger partial charge on any atom is -0.478 e. The van der Waals surface area contributed by atoms with Crippen molar-refractivity contribution >= 4 is 11.9 Å². The third-order valence-corrected chi connectivity index (χ3v) is 3.33. The number of carbonyl (C=O) groups excluding carboxylic acids is 1. The average molecular weight is 326 g/mol. The van der Waals surface area contributed by atoms with Gasteiger partial charge in [-0.1, -0.05) is 84.3 Å². The van der Waals surface area contributed by atoms with Crippen LogP contribution in [0.2, 0.25) is 0 Å². The van der Waals surface area contributed by atoms with Crippen LogP contribution in [0, 0.1) is 0 Å². The van der Waals surface area contributed by atoms with E-state index in [4.69, 9.17) is 9.84 Å². The van der Waals surface area contributed by atoms with Gasteiger partial charge in [0.1, 0.15) is 0 Å². The van der Waals surface area contributed by atoms with Crippen LogP contribution in [0.4, 0.5) is 0 Å². The lowest BCUT2D eigenvalue weighted by Crippen LogP contribution is -2.01. The van der Waals surface area contributed by atoms with Gasteiger partial charge < -0.3 is 9.84 Å². The Morgan fingerprint density at radius 3 is 1.57 bits per heavy atom. The largest absolute Gasteiger partial charge is 0.478 e. The Bertz CT molecular complexity index is 310. The van der Waals surface area contributed by atoms with Crippen LogP contribution >= 0.6 is 0 Å². The van der Waals surface area contributed by atoms with Crippen molar-refractivity contribution in [3.05, 3.63) is 25.3 Å². The Morgan fingerprint density at radius 2 is 1.22 bits per heavy atom. The maximum Gasteiger partial charge on any atom is 0.330 e. The molecule has 0 aliphatic rings. The highest BCUT2D eigenvalue weighted by molar-refractivity contribution is 5.81. The predicted molar refractivity (Wildman–Crippen MR) is 95.4 cm³/mol. The number of rotatable bonds is 14. The molecule has 0 unspecified atom stereocenters. The van der Waals surface area contributed by atoms with Gasteiger partial charge in [-0.15, -0.1) is 0 Å². The Labute approximate surface area is 141 Å². The molecule has 0 spiro atoms. The number of carbonyl (C=O) groups is 2. The first kappa shape index (κ1) is 23.7. The Balaban J connectivity index is 0. The molecule has 0 fully saturated rings. The van der Waals surface area contributed by atoms with Crippen molar-refractivity contribution in [3.8, 4) is 0 Å². The Hall–Kier alpha value is -1.58. The van der Waals surface area contributed by atoms with Crippen LogP contribution in [0.1, 0.15) is 77.6 Å². The van der Waals surface area contributed by atoms with Gasteiger partial charge in [0.05, 0.1) is 6.61 Å². The summed E-state index contributed by atoms with van der Waals surface area (Å²) in [6.45, 7) is 9.12. The zero-order valence-corrected chi connectivity index (χ0v) is 14.7. The molecule has 0 bridgehead atoms. The van der Waals surface area contributed by atoms with Gasteiger partial charge in [-0.05, 0) is 6.42 Å². The van der Waals surface area contributed by atoms with E-state index >= 15 is 0 Å². The summed E-state index contributed by atoms with van der Waals surface area (Å²) >= 11 is 0. The van der Waals surface area contributed by atoms with Crippen LogP contribution in [-0.4, -0.2) is 23.7 Å². The Kier molecular flexibility index (Phi) is 21.0. The molecule has 0 aromatic carbocycles. The van der Waals surface area contributed by atoms with Crippen LogP contribution in [0.3, 0.4) is 0 Å². The predicted octanol–water partition coefficient (Wildman–Crippen LogP) is 5.28. The number of unbranched alkanes of at least 4 members (excludes halogenated alkanes) is 10. The van der Waals surface area contributed by atoms with E-state index in [1.807, 2.05) is 0 Å². The highest BCUT2D eigenvalue weighted by Crippen LogP contribution is 2.11. The summed E-state index contributed by atoms with van der Waals surface area (Å²) in [6, 6.07) is 0. The summed E-state index contributed by atoms with van der Waals surface area (Å²) in [6.07, 6.45) is 16.5. The van der Waals surface area contributed by atoms with Crippen LogP contribution in [-0.2, 0) is 14.3 Å². The average Bonchev–Trinajstić information content (AvgIpc) is 2.56. The standard InChI is InChI=1S/C16H30O2.C3H4O2/c1-3-5-6-7-8-9-10-11-12-13-14-15-18-16(17)4-2;1-2-3(4)5/h4H,2-3,5-15H2,1H3;2H,1H2,(H,4,5). The van der Waals surface area contributed by atoms with Crippen LogP contribution < -0.4 is 0 Å². The van der Waals surface area contributed by atoms with Crippen LogP contribution in [0.15, 0.2) is 25.3 Å². The van der Waals surface area contributed by atoms with E-state index in [0.717, 1.165) is 12.5 Å². The second kappa shape index (κ2) is 20.4. The molecule has 0 radical (unpaired) electrons. The highest BCUT2D eigenvalue weighted by Gasteiger charge is 1.95. The van der Waals surface area contributed by atoms with Gasteiger partial charge in [0, 0.05) is 12.2 Å². The number of hydrogen-bond acceptors (Lipinski definition) is 3. The zero-order valence-electron chi connectivity index (χ0n) is 14.7. The van der Waals surface area contributed by atoms with Crippen molar-refractivity contribution in [1.29, 1.82) is 0 Å². The van der Waals surface area contributed by atoms with Gasteiger partial charge in [0.25, 0.3) is 0 Å². The normalized spacial score (nSPS) is 9.43. The van der Waals surface area contributed by atoms with E-state index in [1.165, 1.54) is 70.3 Å². The van der Waals surface area contributed by atoms with Gasteiger partial charge in [-0.25, -0.2) is 9.59 Å². The molecule has 23 heavy (non-hydrogen) atoms. The number of aliphatic carboxylic acids is 1. The molecule has 0 saturated heterocycles. The summed E-state index contributed by atoms with van der Waals surface area (Å²) in [7, 11) is 0. The van der Waals surface area contributed by atoms with Crippen molar-refractivity contribution in [2.45, 2.75) is 77.6 Å². The number of ether oxygens (including phenoxy) is 1. The molecule has 4 heteroatoms. The first-order valence-corrected chi connectivity index (χ1v) is 8.73. The van der Waals surface area contributed by atoms with Gasteiger partial charge in [0.15, 0.2) is 0 Å². The number of carboxylic acids is 1. The molecule has 0 amide bonds.